The number of aromatic nitrogens is 2. The molecule has 7 heteroatoms. The van der Waals surface area contributed by atoms with Gasteiger partial charge in [0, 0.05) is 25.6 Å². The van der Waals surface area contributed by atoms with Crippen molar-refractivity contribution in [1.82, 2.24) is 15.0 Å². The van der Waals surface area contributed by atoms with Crippen LogP contribution in [-0.2, 0) is 16.1 Å². The molecule has 0 aliphatic carbocycles. The minimum atomic E-state index is -0.214. The molecular formula is C20H25N3O4. The van der Waals surface area contributed by atoms with Crippen molar-refractivity contribution in [2.45, 2.75) is 38.9 Å². The standard InChI is InChI=1S/C20H25N3O4/c1-14-18(15(2)27-22-14)19(24)23-12-20(13-23)17(6-10-26-20)5-9-25-11-16-3-7-21-8-4-16/h3-4,7-8,17H,5-6,9-13H2,1-2H3. The highest BCUT2D eigenvalue weighted by molar-refractivity contribution is 5.96. The molecule has 27 heavy (non-hydrogen) atoms. The minimum absolute atomic E-state index is 0.0138. The number of hydrogen-bond donors (Lipinski definition) is 0. The van der Waals surface area contributed by atoms with Crippen LogP contribution in [0.3, 0.4) is 0 Å². The lowest BCUT2D eigenvalue weighted by Gasteiger charge is -2.50. The summed E-state index contributed by atoms with van der Waals surface area (Å²) in [5.41, 5.74) is 2.14. The highest BCUT2D eigenvalue weighted by Crippen LogP contribution is 2.42. The Bertz CT molecular complexity index is 779. The lowest BCUT2D eigenvalue weighted by molar-refractivity contribution is -0.120. The number of pyridine rings is 1. The average Bonchev–Trinajstić information content (AvgIpc) is 3.21. The predicted molar refractivity (Wildman–Crippen MR) is 97.2 cm³/mol. The summed E-state index contributed by atoms with van der Waals surface area (Å²) in [6, 6.07) is 3.93. The number of carbonyl (C=O) groups is 1. The van der Waals surface area contributed by atoms with E-state index in [9.17, 15) is 4.79 Å². The first-order chi connectivity index (χ1) is 13.1. The Balaban J connectivity index is 1.28. The number of hydrogen-bond acceptors (Lipinski definition) is 6. The Morgan fingerprint density at radius 2 is 2.11 bits per heavy atom. The first-order valence-electron chi connectivity index (χ1n) is 9.42. The van der Waals surface area contributed by atoms with E-state index in [0.29, 0.717) is 49.2 Å². The van der Waals surface area contributed by atoms with E-state index in [1.54, 1.807) is 26.2 Å². The number of carbonyl (C=O) groups excluding carboxylic acids is 1. The molecule has 4 rings (SSSR count). The maximum atomic E-state index is 12.7. The van der Waals surface area contributed by atoms with Crippen LogP contribution in [0.1, 0.15) is 40.2 Å². The molecular weight excluding hydrogens is 346 g/mol. The normalized spacial score (nSPS) is 20.8. The van der Waals surface area contributed by atoms with Crippen LogP contribution in [0.15, 0.2) is 29.0 Å². The molecule has 0 aromatic carbocycles. The van der Waals surface area contributed by atoms with E-state index in [-0.39, 0.29) is 11.5 Å². The van der Waals surface area contributed by atoms with Crippen molar-refractivity contribution < 1.29 is 18.8 Å². The predicted octanol–water partition coefficient (Wildman–Crippen LogP) is 2.52. The molecule has 0 bridgehead atoms. The van der Waals surface area contributed by atoms with E-state index in [4.69, 9.17) is 14.0 Å². The Hall–Kier alpha value is -2.25. The quantitative estimate of drug-likeness (QED) is 0.726. The van der Waals surface area contributed by atoms with Crippen molar-refractivity contribution in [1.29, 1.82) is 0 Å². The molecule has 1 spiro atoms. The fourth-order valence-corrected chi connectivity index (χ4v) is 4.13. The van der Waals surface area contributed by atoms with Gasteiger partial charge in [0.1, 0.15) is 16.9 Å². The summed E-state index contributed by atoms with van der Waals surface area (Å²) in [4.78, 5) is 18.6. The number of aryl methyl sites for hydroxylation is 2. The van der Waals surface area contributed by atoms with E-state index in [0.717, 1.165) is 25.0 Å². The Morgan fingerprint density at radius 3 is 2.81 bits per heavy atom. The SMILES string of the molecule is Cc1noc(C)c1C(=O)N1CC2(C1)OCCC2CCOCc1ccncc1. The first-order valence-corrected chi connectivity index (χ1v) is 9.42. The molecule has 2 fully saturated rings. The van der Waals surface area contributed by atoms with Crippen molar-refractivity contribution in [2.24, 2.45) is 5.92 Å². The summed E-state index contributed by atoms with van der Waals surface area (Å²) in [6.07, 6.45) is 5.51. The molecule has 2 aliphatic rings. The molecule has 144 valence electrons. The van der Waals surface area contributed by atoms with Gasteiger partial charge in [-0.3, -0.25) is 9.78 Å². The lowest BCUT2D eigenvalue weighted by atomic mass is 9.79. The van der Waals surface area contributed by atoms with Crippen LogP contribution in [0.2, 0.25) is 0 Å². The van der Waals surface area contributed by atoms with Gasteiger partial charge < -0.3 is 18.9 Å². The average molecular weight is 371 g/mol. The Kier molecular flexibility index (Phi) is 4.97. The topological polar surface area (TPSA) is 77.7 Å². The van der Waals surface area contributed by atoms with Crippen LogP contribution in [-0.4, -0.2) is 52.9 Å². The van der Waals surface area contributed by atoms with Gasteiger partial charge in [0.15, 0.2) is 0 Å². The molecule has 0 saturated carbocycles. The van der Waals surface area contributed by atoms with Crippen LogP contribution < -0.4 is 0 Å². The summed E-state index contributed by atoms with van der Waals surface area (Å²) in [5, 5.41) is 3.88. The van der Waals surface area contributed by atoms with Gasteiger partial charge in [0.05, 0.1) is 25.4 Å². The van der Waals surface area contributed by atoms with Gasteiger partial charge in [-0.05, 0) is 50.3 Å². The van der Waals surface area contributed by atoms with Gasteiger partial charge in [0.25, 0.3) is 5.91 Å². The summed E-state index contributed by atoms with van der Waals surface area (Å²) < 4.78 is 17.0. The third kappa shape index (κ3) is 3.49. The zero-order valence-corrected chi connectivity index (χ0v) is 15.8. The summed E-state index contributed by atoms with van der Waals surface area (Å²) in [5.74, 6) is 0.982. The highest BCUT2D eigenvalue weighted by atomic mass is 16.5. The maximum absolute atomic E-state index is 12.7. The fourth-order valence-electron chi connectivity index (χ4n) is 4.13. The summed E-state index contributed by atoms with van der Waals surface area (Å²) in [6.45, 7) is 6.87. The van der Waals surface area contributed by atoms with E-state index < -0.39 is 0 Å². The second-order valence-electron chi connectivity index (χ2n) is 7.46. The second-order valence-corrected chi connectivity index (χ2v) is 7.46. The maximum Gasteiger partial charge on any atom is 0.259 e. The fraction of sp³-hybridized carbons (Fsp3) is 0.550. The van der Waals surface area contributed by atoms with Gasteiger partial charge in [-0.15, -0.1) is 0 Å². The van der Waals surface area contributed by atoms with E-state index in [2.05, 4.69) is 10.1 Å². The summed E-state index contributed by atoms with van der Waals surface area (Å²) in [7, 11) is 0. The van der Waals surface area contributed by atoms with Crippen LogP contribution in [0.5, 0.6) is 0 Å². The third-order valence-corrected chi connectivity index (χ3v) is 5.68. The van der Waals surface area contributed by atoms with Crippen LogP contribution in [0.25, 0.3) is 0 Å². The molecule has 1 atom stereocenters. The number of amides is 1. The van der Waals surface area contributed by atoms with E-state index >= 15 is 0 Å². The Labute approximate surface area is 158 Å². The summed E-state index contributed by atoms with van der Waals surface area (Å²) >= 11 is 0. The van der Waals surface area contributed by atoms with Gasteiger partial charge in [0.2, 0.25) is 0 Å². The number of ether oxygens (including phenoxy) is 2. The van der Waals surface area contributed by atoms with Crippen LogP contribution in [0.4, 0.5) is 0 Å². The molecule has 0 N–H and O–H groups in total. The van der Waals surface area contributed by atoms with Crippen molar-refractivity contribution in [3.8, 4) is 0 Å². The molecule has 1 unspecified atom stereocenters. The molecule has 2 aromatic heterocycles. The van der Waals surface area contributed by atoms with Gasteiger partial charge >= 0.3 is 0 Å². The van der Waals surface area contributed by atoms with E-state index in [1.807, 2.05) is 17.0 Å². The highest BCUT2D eigenvalue weighted by Gasteiger charge is 2.54. The van der Waals surface area contributed by atoms with Crippen molar-refractivity contribution >= 4 is 5.91 Å². The smallest absolute Gasteiger partial charge is 0.259 e. The largest absolute Gasteiger partial charge is 0.377 e. The van der Waals surface area contributed by atoms with Crippen LogP contribution in [0, 0.1) is 19.8 Å². The van der Waals surface area contributed by atoms with Crippen molar-refractivity contribution in [3.63, 3.8) is 0 Å². The lowest BCUT2D eigenvalue weighted by Crippen LogP contribution is -2.66. The zero-order valence-electron chi connectivity index (χ0n) is 15.8. The Morgan fingerprint density at radius 1 is 1.33 bits per heavy atom. The first kappa shape index (κ1) is 18.1. The minimum Gasteiger partial charge on any atom is -0.377 e. The monoisotopic (exact) mass is 371 g/mol. The molecule has 2 saturated heterocycles. The molecule has 4 heterocycles. The molecule has 1 amide bonds. The number of rotatable bonds is 6. The number of nitrogens with zero attached hydrogens (tertiary/aromatic N) is 3. The molecule has 0 radical (unpaired) electrons. The molecule has 2 aliphatic heterocycles. The van der Waals surface area contributed by atoms with Gasteiger partial charge in [-0.25, -0.2) is 0 Å². The van der Waals surface area contributed by atoms with Crippen molar-refractivity contribution in [2.75, 3.05) is 26.3 Å². The number of likely N-dealkylation sites (tertiary alicyclic amines) is 1. The van der Waals surface area contributed by atoms with E-state index in [1.165, 1.54) is 0 Å². The molecule has 2 aromatic rings. The van der Waals surface area contributed by atoms with Crippen molar-refractivity contribution in [3.05, 3.63) is 47.1 Å². The van der Waals surface area contributed by atoms with Gasteiger partial charge in [-0.1, -0.05) is 5.16 Å². The zero-order chi connectivity index (χ0) is 18.9. The van der Waals surface area contributed by atoms with Crippen LogP contribution >= 0.6 is 0 Å². The third-order valence-electron chi connectivity index (χ3n) is 5.68. The second kappa shape index (κ2) is 7.40. The van der Waals surface area contributed by atoms with Gasteiger partial charge in [-0.2, -0.15) is 0 Å². The molecule has 7 nitrogen and oxygen atoms in total.